The predicted octanol–water partition coefficient (Wildman–Crippen LogP) is 4.45. The zero-order valence-electron chi connectivity index (χ0n) is 11.8. The van der Waals surface area contributed by atoms with Gasteiger partial charge in [-0.25, -0.2) is 0 Å². The summed E-state index contributed by atoms with van der Waals surface area (Å²) in [7, 11) is 0. The van der Waals surface area contributed by atoms with Crippen molar-refractivity contribution in [2.45, 2.75) is 58.4 Å². The first-order valence-corrected chi connectivity index (χ1v) is 7.26. The van der Waals surface area contributed by atoms with Crippen molar-refractivity contribution in [2.75, 3.05) is 6.61 Å². The number of rotatable bonds is 9. The zero-order chi connectivity index (χ0) is 13.2. The first-order chi connectivity index (χ1) is 8.77. The van der Waals surface area contributed by atoms with Crippen LogP contribution >= 0.6 is 0 Å². The van der Waals surface area contributed by atoms with Crippen molar-refractivity contribution in [3.8, 4) is 5.75 Å². The van der Waals surface area contributed by atoms with Gasteiger partial charge in [-0.3, -0.25) is 0 Å². The van der Waals surface area contributed by atoms with Crippen molar-refractivity contribution < 1.29 is 4.74 Å². The minimum absolute atomic E-state index is 0.145. The molecule has 0 aliphatic carbocycles. The van der Waals surface area contributed by atoms with Gasteiger partial charge < -0.3 is 10.5 Å². The third kappa shape index (κ3) is 5.54. The minimum atomic E-state index is 0.145. The summed E-state index contributed by atoms with van der Waals surface area (Å²) in [6.07, 6.45) is 7.56. The van der Waals surface area contributed by atoms with Gasteiger partial charge in [0.25, 0.3) is 0 Å². The number of ether oxygens (including phenoxy) is 1. The van der Waals surface area contributed by atoms with Gasteiger partial charge in [0, 0.05) is 6.04 Å². The SMILES string of the molecule is CCCCCCCC(N)c1cccc(OCC)c1. The predicted molar refractivity (Wildman–Crippen MR) is 77.9 cm³/mol. The Bertz CT molecular complexity index is 325. The number of hydrogen-bond donors (Lipinski definition) is 1. The Labute approximate surface area is 112 Å². The number of nitrogens with two attached hydrogens (primary N) is 1. The van der Waals surface area contributed by atoms with E-state index in [1.54, 1.807) is 0 Å². The second-order valence-corrected chi connectivity index (χ2v) is 4.81. The zero-order valence-corrected chi connectivity index (χ0v) is 11.8. The largest absolute Gasteiger partial charge is 0.494 e. The summed E-state index contributed by atoms with van der Waals surface area (Å²) in [4.78, 5) is 0. The van der Waals surface area contributed by atoms with Crippen LogP contribution in [0.1, 0.15) is 64.0 Å². The molecule has 0 heterocycles. The van der Waals surface area contributed by atoms with E-state index in [-0.39, 0.29) is 6.04 Å². The van der Waals surface area contributed by atoms with Gasteiger partial charge in [-0.2, -0.15) is 0 Å². The molecule has 1 rings (SSSR count). The Morgan fingerprint density at radius 1 is 1.11 bits per heavy atom. The van der Waals surface area contributed by atoms with Gasteiger partial charge in [-0.15, -0.1) is 0 Å². The van der Waals surface area contributed by atoms with Crippen LogP contribution in [0, 0.1) is 0 Å². The number of hydrogen-bond acceptors (Lipinski definition) is 2. The quantitative estimate of drug-likeness (QED) is 0.656. The van der Waals surface area contributed by atoms with Crippen LogP contribution in [-0.2, 0) is 0 Å². The Hall–Kier alpha value is -1.02. The molecule has 2 N–H and O–H groups in total. The summed E-state index contributed by atoms with van der Waals surface area (Å²) in [5, 5.41) is 0. The van der Waals surface area contributed by atoms with Gasteiger partial charge >= 0.3 is 0 Å². The van der Waals surface area contributed by atoms with E-state index in [9.17, 15) is 0 Å². The summed E-state index contributed by atoms with van der Waals surface area (Å²) >= 11 is 0. The molecule has 0 aliphatic rings. The fourth-order valence-corrected chi connectivity index (χ4v) is 2.14. The van der Waals surface area contributed by atoms with E-state index in [0.717, 1.165) is 12.2 Å². The molecule has 18 heavy (non-hydrogen) atoms. The molecule has 0 saturated heterocycles. The molecule has 1 atom stereocenters. The highest BCUT2D eigenvalue weighted by atomic mass is 16.5. The molecule has 1 aromatic carbocycles. The third-order valence-corrected chi connectivity index (χ3v) is 3.22. The molecule has 0 radical (unpaired) electrons. The normalized spacial score (nSPS) is 12.4. The highest BCUT2D eigenvalue weighted by Crippen LogP contribution is 2.22. The highest BCUT2D eigenvalue weighted by Gasteiger charge is 2.06. The van der Waals surface area contributed by atoms with E-state index < -0.39 is 0 Å². The Morgan fingerprint density at radius 2 is 1.89 bits per heavy atom. The molecule has 102 valence electrons. The van der Waals surface area contributed by atoms with E-state index in [0.29, 0.717) is 6.61 Å². The number of unbranched alkanes of at least 4 members (excludes halogenated alkanes) is 4. The molecule has 2 nitrogen and oxygen atoms in total. The van der Waals surface area contributed by atoms with Crippen LogP contribution < -0.4 is 10.5 Å². The monoisotopic (exact) mass is 249 g/mol. The summed E-state index contributed by atoms with van der Waals surface area (Å²) < 4.78 is 5.50. The van der Waals surface area contributed by atoms with E-state index in [4.69, 9.17) is 10.5 Å². The molecule has 0 aromatic heterocycles. The lowest BCUT2D eigenvalue weighted by molar-refractivity contribution is 0.339. The van der Waals surface area contributed by atoms with Crippen molar-refractivity contribution in [3.05, 3.63) is 29.8 Å². The lowest BCUT2D eigenvalue weighted by Gasteiger charge is -2.13. The van der Waals surface area contributed by atoms with E-state index >= 15 is 0 Å². The minimum Gasteiger partial charge on any atom is -0.494 e. The van der Waals surface area contributed by atoms with Gasteiger partial charge in [0.2, 0.25) is 0 Å². The average Bonchev–Trinajstić information content (AvgIpc) is 2.39. The van der Waals surface area contributed by atoms with Crippen LogP contribution in [0.4, 0.5) is 0 Å². The van der Waals surface area contributed by atoms with E-state index in [2.05, 4.69) is 19.1 Å². The molecule has 2 heteroatoms. The first kappa shape index (κ1) is 15.0. The number of benzene rings is 1. The molecule has 0 aliphatic heterocycles. The van der Waals surface area contributed by atoms with E-state index in [1.807, 2.05) is 19.1 Å². The molecule has 0 fully saturated rings. The molecule has 0 bridgehead atoms. The molecule has 1 aromatic rings. The van der Waals surface area contributed by atoms with Crippen LogP contribution in [-0.4, -0.2) is 6.61 Å². The Morgan fingerprint density at radius 3 is 2.61 bits per heavy atom. The van der Waals surface area contributed by atoms with Crippen LogP contribution in [0.25, 0.3) is 0 Å². The fraction of sp³-hybridized carbons (Fsp3) is 0.625. The summed E-state index contributed by atoms with van der Waals surface area (Å²) in [5.74, 6) is 0.927. The highest BCUT2D eigenvalue weighted by molar-refractivity contribution is 5.30. The second kappa shape index (κ2) is 8.98. The average molecular weight is 249 g/mol. The summed E-state index contributed by atoms with van der Waals surface area (Å²) in [6.45, 7) is 4.95. The second-order valence-electron chi connectivity index (χ2n) is 4.81. The topological polar surface area (TPSA) is 35.2 Å². The molecule has 0 saturated carbocycles. The smallest absolute Gasteiger partial charge is 0.119 e. The van der Waals surface area contributed by atoms with E-state index in [1.165, 1.54) is 37.7 Å². The Kier molecular flexibility index (Phi) is 7.51. The summed E-state index contributed by atoms with van der Waals surface area (Å²) in [5.41, 5.74) is 7.41. The standard InChI is InChI=1S/C16H27NO/c1-3-5-6-7-8-12-16(17)14-10-9-11-15(13-14)18-4-2/h9-11,13,16H,3-8,12,17H2,1-2H3. The summed E-state index contributed by atoms with van der Waals surface area (Å²) in [6, 6.07) is 8.32. The molecular formula is C16H27NO. The maximum atomic E-state index is 6.22. The lowest BCUT2D eigenvalue weighted by atomic mass is 10.0. The van der Waals surface area contributed by atoms with Crippen LogP contribution in [0.5, 0.6) is 5.75 Å². The van der Waals surface area contributed by atoms with Gasteiger partial charge in [-0.05, 0) is 31.0 Å². The molecular weight excluding hydrogens is 222 g/mol. The first-order valence-electron chi connectivity index (χ1n) is 7.26. The molecule has 0 amide bonds. The third-order valence-electron chi connectivity index (χ3n) is 3.22. The van der Waals surface area contributed by atoms with Crippen molar-refractivity contribution >= 4 is 0 Å². The Balaban J connectivity index is 2.36. The van der Waals surface area contributed by atoms with Crippen LogP contribution in [0.2, 0.25) is 0 Å². The lowest BCUT2D eigenvalue weighted by Crippen LogP contribution is -2.10. The van der Waals surface area contributed by atoms with Crippen molar-refractivity contribution in [2.24, 2.45) is 5.73 Å². The van der Waals surface area contributed by atoms with Crippen LogP contribution in [0.3, 0.4) is 0 Å². The van der Waals surface area contributed by atoms with Crippen molar-refractivity contribution in [3.63, 3.8) is 0 Å². The fourth-order valence-electron chi connectivity index (χ4n) is 2.14. The van der Waals surface area contributed by atoms with Gasteiger partial charge in [-0.1, -0.05) is 51.2 Å². The van der Waals surface area contributed by atoms with Gasteiger partial charge in [0.05, 0.1) is 6.61 Å². The van der Waals surface area contributed by atoms with Gasteiger partial charge in [0.1, 0.15) is 5.75 Å². The van der Waals surface area contributed by atoms with Crippen molar-refractivity contribution in [1.82, 2.24) is 0 Å². The molecule has 1 unspecified atom stereocenters. The maximum Gasteiger partial charge on any atom is 0.119 e. The van der Waals surface area contributed by atoms with Gasteiger partial charge in [0.15, 0.2) is 0 Å². The van der Waals surface area contributed by atoms with Crippen LogP contribution in [0.15, 0.2) is 24.3 Å². The maximum absolute atomic E-state index is 6.22. The van der Waals surface area contributed by atoms with Crippen molar-refractivity contribution in [1.29, 1.82) is 0 Å². The molecule has 0 spiro atoms.